The maximum absolute atomic E-state index is 12.9. The van der Waals surface area contributed by atoms with Crippen molar-refractivity contribution in [1.82, 2.24) is 9.97 Å². The predicted octanol–water partition coefficient (Wildman–Crippen LogP) is 3.56. The van der Waals surface area contributed by atoms with Gasteiger partial charge in [-0.2, -0.15) is 13.2 Å². The van der Waals surface area contributed by atoms with Gasteiger partial charge in [0.25, 0.3) is 0 Å². The lowest BCUT2D eigenvalue weighted by atomic mass is 9.99. The molecule has 0 aliphatic rings. The van der Waals surface area contributed by atoms with Gasteiger partial charge >= 0.3 is 12.1 Å². The molecule has 8 heteroatoms. The van der Waals surface area contributed by atoms with Crippen LogP contribution in [0.3, 0.4) is 0 Å². The summed E-state index contributed by atoms with van der Waals surface area (Å²) in [5.41, 5.74) is 0.102. The van der Waals surface area contributed by atoms with Crippen molar-refractivity contribution in [2.75, 3.05) is 5.32 Å². The predicted molar refractivity (Wildman–Crippen MR) is 79.0 cm³/mol. The van der Waals surface area contributed by atoms with E-state index in [0.29, 0.717) is 11.8 Å². The number of benzene rings is 1. The first-order valence-corrected chi connectivity index (χ1v) is 7.07. The molecule has 5 nitrogen and oxygen atoms in total. The quantitative estimate of drug-likeness (QED) is 0.878. The molecule has 23 heavy (non-hydrogen) atoms. The number of anilines is 1. The zero-order valence-corrected chi connectivity index (χ0v) is 12.6. The van der Waals surface area contributed by atoms with E-state index in [4.69, 9.17) is 0 Å². The van der Waals surface area contributed by atoms with E-state index in [1.54, 1.807) is 25.1 Å². The van der Waals surface area contributed by atoms with E-state index in [9.17, 15) is 23.1 Å². The lowest BCUT2D eigenvalue weighted by molar-refractivity contribution is -0.144. The fourth-order valence-electron chi connectivity index (χ4n) is 2.14. The summed E-state index contributed by atoms with van der Waals surface area (Å²) in [6.07, 6.45) is -4.16. The average molecular weight is 327 g/mol. The highest BCUT2D eigenvalue weighted by atomic mass is 19.4. The Bertz CT molecular complexity index is 719. The third kappa shape index (κ3) is 3.69. The lowest BCUT2D eigenvalue weighted by Gasteiger charge is -2.22. The SMILES string of the molecule is CCC(C)C(Nc1nc(C(F)(F)F)nc2ccccc12)C(=O)O. The van der Waals surface area contributed by atoms with E-state index < -0.39 is 24.0 Å². The van der Waals surface area contributed by atoms with Gasteiger partial charge in [-0.25, -0.2) is 14.8 Å². The average Bonchev–Trinajstić information content (AvgIpc) is 2.50. The van der Waals surface area contributed by atoms with Crippen molar-refractivity contribution in [1.29, 1.82) is 0 Å². The summed E-state index contributed by atoms with van der Waals surface area (Å²) in [6.45, 7) is 3.52. The topological polar surface area (TPSA) is 75.1 Å². The molecular weight excluding hydrogens is 311 g/mol. The Morgan fingerprint density at radius 3 is 2.52 bits per heavy atom. The monoisotopic (exact) mass is 327 g/mol. The molecule has 0 amide bonds. The van der Waals surface area contributed by atoms with E-state index in [0.717, 1.165) is 0 Å². The largest absolute Gasteiger partial charge is 0.480 e. The molecule has 1 aromatic heterocycles. The fourth-order valence-corrected chi connectivity index (χ4v) is 2.14. The van der Waals surface area contributed by atoms with Gasteiger partial charge in [-0.3, -0.25) is 0 Å². The van der Waals surface area contributed by atoms with Crippen LogP contribution >= 0.6 is 0 Å². The second kappa shape index (κ2) is 6.39. The molecule has 0 saturated carbocycles. The van der Waals surface area contributed by atoms with Crippen LogP contribution in [0.4, 0.5) is 19.0 Å². The Morgan fingerprint density at radius 1 is 1.30 bits per heavy atom. The van der Waals surface area contributed by atoms with Gasteiger partial charge in [-0.15, -0.1) is 0 Å². The van der Waals surface area contributed by atoms with Crippen molar-refractivity contribution < 1.29 is 23.1 Å². The minimum absolute atomic E-state index is 0.102. The number of carboxylic acid groups (broad SMARTS) is 1. The van der Waals surface area contributed by atoms with Crippen molar-refractivity contribution >= 4 is 22.7 Å². The van der Waals surface area contributed by atoms with Crippen LogP contribution in [-0.4, -0.2) is 27.1 Å². The Morgan fingerprint density at radius 2 is 1.96 bits per heavy atom. The highest BCUT2D eigenvalue weighted by Crippen LogP contribution is 2.31. The summed E-state index contributed by atoms with van der Waals surface area (Å²) in [4.78, 5) is 18.4. The Labute approximate surface area is 130 Å². The van der Waals surface area contributed by atoms with Gasteiger partial charge in [-0.1, -0.05) is 32.4 Å². The number of para-hydroxylation sites is 1. The van der Waals surface area contributed by atoms with Crippen LogP contribution in [0.15, 0.2) is 24.3 Å². The second-order valence-electron chi connectivity index (χ2n) is 5.26. The van der Waals surface area contributed by atoms with Crippen molar-refractivity contribution in [3.05, 3.63) is 30.1 Å². The maximum atomic E-state index is 12.9. The Kier molecular flexibility index (Phi) is 4.72. The third-order valence-corrected chi connectivity index (χ3v) is 3.63. The van der Waals surface area contributed by atoms with Crippen LogP contribution in [0.2, 0.25) is 0 Å². The molecule has 2 N–H and O–H groups in total. The smallest absolute Gasteiger partial charge is 0.451 e. The van der Waals surface area contributed by atoms with Crippen molar-refractivity contribution in [3.8, 4) is 0 Å². The number of aromatic nitrogens is 2. The van der Waals surface area contributed by atoms with Gasteiger partial charge in [0, 0.05) is 5.39 Å². The molecule has 2 unspecified atom stereocenters. The molecule has 0 spiro atoms. The van der Waals surface area contributed by atoms with Crippen molar-refractivity contribution in [2.45, 2.75) is 32.5 Å². The highest BCUT2D eigenvalue weighted by molar-refractivity contribution is 5.91. The number of carboxylic acids is 1. The van der Waals surface area contributed by atoms with Gasteiger partial charge in [0.05, 0.1) is 5.52 Å². The van der Waals surface area contributed by atoms with Crippen molar-refractivity contribution in [2.24, 2.45) is 5.92 Å². The normalized spacial score (nSPS) is 14.5. The van der Waals surface area contributed by atoms with Gasteiger partial charge in [0.2, 0.25) is 5.82 Å². The molecular formula is C15H16F3N3O2. The molecule has 0 fully saturated rings. The lowest BCUT2D eigenvalue weighted by Crippen LogP contribution is -2.36. The van der Waals surface area contributed by atoms with Gasteiger partial charge < -0.3 is 10.4 Å². The molecule has 0 aliphatic carbocycles. The van der Waals surface area contributed by atoms with E-state index in [2.05, 4.69) is 15.3 Å². The second-order valence-corrected chi connectivity index (χ2v) is 5.26. The first kappa shape index (κ1) is 17.0. The molecule has 0 saturated heterocycles. The Balaban J connectivity index is 2.55. The molecule has 1 heterocycles. The van der Waals surface area contributed by atoms with E-state index in [1.165, 1.54) is 6.07 Å². The number of halogens is 3. The van der Waals surface area contributed by atoms with Crippen LogP contribution < -0.4 is 5.32 Å². The first-order valence-electron chi connectivity index (χ1n) is 7.07. The Hall–Kier alpha value is -2.38. The summed E-state index contributed by atoms with van der Waals surface area (Å²) in [7, 11) is 0. The van der Waals surface area contributed by atoms with Crippen molar-refractivity contribution in [3.63, 3.8) is 0 Å². The number of nitrogens with one attached hydrogen (secondary N) is 1. The third-order valence-electron chi connectivity index (χ3n) is 3.63. The minimum atomic E-state index is -4.71. The zero-order chi connectivity index (χ0) is 17.2. The molecule has 0 radical (unpaired) electrons. The summed E-state index contributed by atoms with van der Waals surface area (Å²) in [5.74, 6) is -2.85. The van der Waals surface area contributed by atoms with Crippen LogP contribution in [0.5, 0.6) is 0 Å². The maximum Gasteiger partial charge on any atom is 0.451 e. The number of hydrogen-bond acceptors (Lipinski definition) is 4. The van der Waals surface area contributed by atoms with Gasteiger partial charge in [0.1, 0.15) is 11.9 Å². The van der Waals surface area contributed by atoms with E-state index in [-0.39, 0.29) is 17.3 Å². The van der Waals surface area contributed by atoms with E-state index in [1.807, 2.05) is 6.92 Å². The summed E-state index contributed by atoms with van der Waals surface area (Å²) < 4.78 is 38.8. The van der Waals surface area contributed by atoms with Crippen LogP contribution in [0.25, 0.3) is 10.9 Å². The number of fused-ring (bicyclic) bond motifs is 1. The molecule has 2 rings (SSSR count). The molecule has 2 aromatic rings. The van der Waals surface area contributed by atoms with Crippen LogP contribution in [0, 0.1) is 5.92 Å². The van der Waals surface area contributed by atoms with E-state index >= 15 is 0 Å². The molecule has 0 bridgehead atoms. The number of carbonyl (C=O) groups is 1. The number of aliphatic carboxylic acids is 1. The summed E-state index contributed by atoms with van der Waals surface area (Å²) in [6, 6.07) is 5.12. The molecule has 124 valence electrons. The summed E-state index contributed by atoms with van der Waals surface area (Å²) >= 11 is 0. The fraction of sp³-hybridized carbons (Fsp3) is 0.400. The van der Waals surface area contributed by atoms with Gasteiger partial charge in [0.15, 0.2) is 0 Å². The number of nitrogens with zero attached hydrogens (tertiary/aromatic N) is 2. The first-order chi connectivity index (χ1) is 10.7. The van der Waals surface area contributed by atoms with Crippen LogP contribution in [-0.2, 0) is 11.0 Å². The highest BCUT2D eigenvalue weighted by Gasteiger charge is 2.36. The standard InChI is InChI=1S/C15H16F3N3O2/c1-3-8(2)11(13(22)23)20-12-9-6-4-5-7-10(9)19-14(21-12)15(16,17)18/h4-8,11H,3H2,1-2H3,(H,22,23)(H,19,20,21). The van der Waals surface area contributed by atoms with Crippen LogP contribution in [0.1, 0.15) is 26.1 Å². The number of rotatable bonds is 5. The number of alkyl halides is 3. The number of hydrogen-bond donors (Lipinski definition) is 2. The molecule has 2 atom stereocenters. The van der Waals surface area contributed by atoms with Gasteiger partial charge in [-0.05, 0) is 18.1 Å². The molecule has 1 aromatic carbocycles. The minimum Gasteiger partial charge on any atom is -0.480 e. The zero-order valence-electron chi connectivity index (χ0n) is 12.6. The molecule has 0 aliphatic heterocycles. The summed E-state index contributed by atoms with van der Waals surface area (Å²) in [5, 5.41) is 12.3.